The third-order valence-electron chi connectivity index (χ3n) is 4.39. The molecule has 0 aliphatic heterocycles. The van der Waals surface area contributed by atoms with Crippen LogP contribution in [0.1, 0.15) is 11.1 Å². The number of benzene rings is 3. The third kappa shape index (κ3) is 6.92. The van der Waals surface area contributed by atoms with Gasteiger partial charge in [0.05, 0.1) is 5.02 Å². The smallest absolute Gasteiger partial charge is 0.266 e. The maximum Gasteiger partial charge on any atom is 0.266 e. The van der Waals surface area contributed by atoms with Gasteiger partial charge in [-0.25, -0.2) is 4.39 Å². The predicted molar refractivity (Wildman–Crippen MR) is 125 cm³/mol. The summed E-state index contributed by atoms with van der Waals surface area (Å²) in [6.45, 7) is 1.59. The minimum absolute atomic E-state index is 0.0973. The molecule has 0 unspecified atom stereocenters. The summed E-state index contributed by atoms with van der Waals surface area (Å²) in [6, 6.07) is 19.1. The molecule has 166 valence electrons. The van der Waals surface area contributed by atoms with Gasteiger partial charge in [-0.3, -0.25) is 9.59 Å². The van der Waals surface area contributed by atoms with Gasteiger partial charge in [0.15, 0.2) is 6.61 Å². The highest BCUT2D eigenvalue weighted by Gasteiger charge is 2.11. The molecule has 0 aromatic heterocycles. The Balaban J connectivity index is 1.63. The van der Waals surface area contributed by atoms with E-state index < -0.39 is 17.6 Å². The number of aryl methyl sites for hydroxylation is 1. The minimum atomic E-state index is -0.544. The number of nitriles is 1. The molecule has 0 saturated carbocycles. The average Bonchev–Trinajstić information content (AvgIpc) is 2.78. The summed E-state index contributed by atoms with van der Waals surface area (Å²) in [6.07, 6.45) is 1.40. The molecule has 0 aliphatic rings. The summed E-state index contributed by atoms with van der Waals surface area (Å²) in [5.41, 5.74) is 2.41. The van der Waals surface area contributed by atoms with Crippen LogP contribution in [0.5, 0.6) is 5.75 Å². The van der Waals surface area contributed by atoms with Crippen molar-refractivity contribution in [2.45, 2.75) is 6.92 Å². The van der Waals surface area contributed by atoms with E-state index in [4.69, 9.17) is 16.3 Å². The van der Waals surface area contributed by atoms with Gasteiger partial charge in [-0.15, -0.1) is 0 Å². The van der Waals surface area contributed by atoms with E-state index in [1.165, 1.54) is 42.5 Å². The lowest BCUT2D eigenvalue weighted by Gasteiger charge is -2.10. The molecule has 0 heterocycles. The van der Waals surface area contributed by atoms with Crippen LogP contribution in [0.3, 0.4) is 0 Å². The molecule has 6 nitrogen and oxygen atoms in total. The monoisotopic (exact) mass is 463 g/mol. The van der Waals surface area contributed by atoms with E-state index in [-0.39, 0.29) is 23.0 Å². The van der Waals surface area contributed by atoms with Gasteiger partial charge in [0.1, 0.15) is 23.2 Å². The highest BCUT2D eigenvalue weighted by atomic mass is 35.5. The quantitative estimate of drug-likeness (QED) is 0.365. The number of amides is 2. The Labute approximate surface area is 195 Å². The Morgan fingerprint density at radius 1 is 1.06 bits per heavy atom. The third-order valence-corrected chi connectivity index (χ3v) is 4.69. The minimum Gasteiger partial charge on any atom is -0.482 e. The van der Waals surface area contributed by atoms with Gasteiger partial charge in [-0.05, 0) is 72.7 Å². The van der Waals surface area contributed by atoms with Gasteiger partial charge in [-0.2, -0.15) is 5.26 Å². The standard InChI is InChI=1S/C25H19ClFN3O3/c1-16-3-2-4-21(11-16)30-25(32)18(14-28)12-17-5-10-23(22(26)13-17)33-15-24(31)29-20-8-6-19(27)7-9-20/h2-13H,15H2,1H3,(H,29,31)(H,30,32)/b18-12+. The number of anilines is 2. The maximum absolute atomic E-state index is 12.9. The van der Waals surface area contributed by atoms with Crippen LogP contribution in [-0.2, 0) is 9.59 Å². The Bertz CT molecular complexity index is 1250. The number of carbonyl (C=O) groups is 2. The van der Waals surface area contributed by atoms with Crippen molar-refractivity contribution in [3.8, 4) is 11.8 Å². The Morgan fingerprint density at radius 3 is 2.48 bits per heavy atom. The first-order valence-electron chi connectivity index (χ1n) is 9.81. The van der Waals surface area contributed by atoms with Crippen molar-refractivity contribution < 1.29 is 18.7 Å². The first kappa shape index (κ1) is 23.5. The maximum atomic E-state index is 12.9. The van der Waals surface area contributed by atoms with Crippen LogP contribution >= 0.6 is 11.6 Å². The van der Waals surface area contributed by atoms with Crippen LogP contribution in [0.15, 0.2) is 72.3 Å². The van der Waals surface area contributed by atoms with Crippen LogP contribution in [0.4, 0.5) is 15.8 Å². The summed E-state index contributed by atoms with van der Waals surface area (Å²) >= 11 is 6.23. The second kappa shape index (κ2) is 10.9. The molecular weight excluding hydrogens is 445 g/mol. The number of nitrogens with one attached hydrogen (secondary N) is 2. The van der Waals surface area contributed by atoms with E-state index in [0.717, 1.165) is 5.56 Å². The Kier molecular flexibility index (Phi) is 7.79. The SMILES string of the molecule is Cc1cccc(NC(=O)/C(C#N)=C/c2ccc(OCC(=O)Nc3ccc(F)cc3)c(Cl)c2)c1. The van der Waals surface area contributed by atoms with Crippen LogP contribution in [0.2, 0.25) is 5.02 Å². The van der Waals surface area contributed by atoms with E-state index in [1.807, 2.05) is 19.1 Å². The van der Waals surface area contributed by atoms with Crippen LogP contribution in [-0.4, -0.2) is 18.4 Å². The lowest BCUT2D eigenvalue weighted by molar-refractivity contribution is -0.118. The van der Waals surface area contributed by atoms with Gasteiger partial charge in [0.25, 0.3) is 11.8 Å². The van der Waals surface area contributed by atoms with Gasteiger partial charge in [-0.1, -0.05) is 29.8 Å². The number of halogens is 2. The molecule has 0 atom stereocenters. The van der Waals surface area contributed by atoms with Crippen LogP contribution < -0.4 is 15.4 Å². The molecule has 33 heavy (non-hydrogen) atoms. The molecule has 0 fully saturated rings. The molecule has 0 spiro atoms. The molecule has 0 radical (unpaired) electrons. The number of nitrogens with zero attached hydrogens (tertiary/aromatic N) is 1. The zero-order valence-electron chi connectivity index (χ0n) is 17.6. The van der Waals surface area contributed by atoms with Gasteiger partial charge in [0, 0.05) is 11.4 Å². The van der Waals surface area contributed by atoms with E-state index in [1.54, 1.807) is 24.3 Å². The number of hydrogen-bond acceptors (Lipinski definition) is 4. The summed E-state index contributed by atoms with van der Waals surface area (Å²) in [5, 5.41) is 14.9. The highest BCUT2D eigenvalue weighted by Crippen LogP contribution is 2.26. The van der Waals surface area contributed by atoms with Crippen molar-refractivity contribution in [1.82, 2.24) is 0 Å². The molecule has 8 heteroatoms. The largest absolute Gasteiger partial charge is 0.482 e. The summed E-state index contributed by atoms with van der Waals surface area (Å²) < 4.78 is 18.4. The fraction of sp³-hybridized carbons (Fsp3) is 0.0800. The highest BCUT2D eigenvalue weighted by molar-refractivity contribution is 6.32. The second-order valence-corrected chi connectivity index (χ2v) is 7.43. The zero-order chi connectivity index (χ0) is 23.8. The number of carbonyl (C=O) groups excluding carboxylic acids is 2. The topological polar surface area (TPSA) is 91.2 Å². The van der Waals surface area contributed by atoms with Crippen molar-refractivity contribution >= 4 is 40.9 Å². The fourth-order valence-electron chi connectivity index (χ4n) is 2.83. The van der Waals surface area contributed by atoms with Crippen molar-refractivity contribution in [2.24, 2.45) is 0 Å². The van der Waals surface area contributed by atoms with Crippen molar-refractivity contribution in [1.29, 1.82) is 5.26 Å². The van der Waals surface area contributed by atoms with Crippen LogP contribution in [0.25, 0.3) is 6.08 Å². The molecule has 3 rings (SSSR count). The molecule has 3 aromatic rings. The fourth-order valence-corrected chi connectivity index (χ4v) is 3.08. The lowest BCUT2D eigenvalue weighted by Crippen LogP contribution is -2.20. The van der Waals surface area contributed by atoms with Crippen LogP contribution in [0, 0.1) is 24.1 Å². The first-order valence-corrected chi connectivity index (χ1v) is 10.2. The van der Waals surface area contributed by atoms with Crippen molar-refractivity contribution in [2.75, 3.05) is 17.2 Å². The van der Waals surface area contributed by atoms with E-state index >= 15 is 0 Å². The van der Waals surface area contributed by atoms with E-state index in [9.17, 15) is 19.2 Å². The molecule has 0 aliphatic carbocycles. The predicted octanol–water partition coefficient (Wildman–Crippen LogP) is 5.35. The summed E-state index contributed by atoms with van der Waals surface area (Å²) in [5.74, 6) is -1.14. The van der Waals surface area contributed by atoms with Gasteiger partial charge in [0.2, 0.25) is 0 Å². The van der Waals surface area contributed by atoms with Crippen molar-refractivity contribution in [3.05, 3.63) is 94.3 Å². The van der Waals surface area contributed by atoms with E-state index in [2.05, 4.69) is 10.6 Å². The Morgan fingerprint density at radius 2 is 1.82 bits per heavy atom. The van der Waals surface area contributed by atoms with Gasteiger partial charge >= 0.3 is 0 Å². The molecular formula is C25H19ClFN3O3. The summed E-state index contributed by atoms with van der Waals surface area (Å²) in [4.78, 5) is 24.4. The molecule has 2 N–H and O–H groups in total. The molecule has 0 saturated heterocycles. The number of hydrogen-bond donors (Lipinski definition) is 2. The Hall–Kier alpha value is -4.15. The average molecular weight is 464 g/mol. The number of rotatable bonds is 7. The normalized spacial score (nSPS) is 10.8. The molecule has 3 aromatic carbocycles. The second-order valence-electron chi connectivity index (χ2n) is 7.03. The molecule has 2 amide bonds. The summed E-state index contributed by atoms with van der Waals surface area (Å²) in [7, 11) is 0. The van der Waals surface area contributed by atoms with Crippen molar-refractivity contribution in [3.63, 3.8) is 0 Å². The molecule has 0 bridgehead atoms. The number of ether oxygens (including phenoxy) is 1. The zero-order valence-corrected chi connectivity index (χ0v) is 18.3. The first-order chi connectivity index (χ1) is 15.8. The lowest BCUT2D eigenvalue weighted by atomic mass is 10.1. The van der Waals surface area contributed by atoms with Gasteiger partial charge < -0.3 is 15.4 Å². The van der Waals surface area contributed by atoms with E-state index in [0.29, 0.717) is 16.9 Å².